The standard InChI is InChI=1S/C24H24ClNO3/c1-4-28-23-13-19(24(27)26-21-14-20(25)11-7-17(21)3)10-12-22(23)29-15-18-8-5-16(2)6-9-18/h5-14H,4,15H2,1-3H3,(H,26,27). The van der Waals surface area contributed by atoms with E-state index in [2.05, 4.69) is 5.32 Å². The fourth-order valence-electron chi connectivity index (χ4n) is 2.81. The molecule has 0 unspecified atom stereocenters. The molecule has 29 heavy (non-hydrogen) atoms. The van der Waals surface area contributed by atoms with E-state index in [-0.39, 0.29) is 5.91 Å². The van der Waals surface area contributed by atoms with Gasteiger partial charge < -0.3 is 14.8 Å². The first-order valence-corrected chi connectivity index (χ1v) is 9.86. The number of nitrogens with one attached hydrogen (secondary N) is 1. The van der Waals surface area contributed by atoms with Gasteiger partial charge in [-0.15, -0.1) is 0 Å². The molecule has 0 atom stereocenters. The van der Waals surface area contributed by atoms with Gasteiger partial charge in [-0.25, -0.2) is 0 Å². The molecule has 0 aliphatic heterocycles. The molecule has 0 bridgehead atoms. The summed E-state index contributed by atoms with van der Waals surface area (Å²) in [4.78, 5) is 12.7. The number of rotatable bonds is 7. The Bertz CT molecular complexity index is 1000. The Morgan fingerprint density at radius 3 is 2.41 bits per heavy atom. The zero-order chi connectivity index (χ0) is 20.8. The van der Waals surface area contributed by atoms with Crippen LogP contribution in [0.3, 0.4) is 0 Å². The Labute approximate surface area is 176 Å². The van der Waals surface area contributed by atoms with Crippen LogP contribution in [0.15, 0.2) is 60.7 Å². The molecule has 0 heterocycles. The zero-order valence-electron chi connectivity index (χ0n) is 16.8. The molecule has 0 radical (unpaired) electrons. The van der Waals surface area contributed by atoms with Crippen molar-refractivity contribution < 1.29 is 14.3 Å². The van der Waals surface area contributed by atoms with Crippen molar-refractivity contribution in [2.45, 2.75) is 27.4 Å². The fourth-order valence-corrected chi connectivity index (χ4v) is 2.98. The summed E-state index contributed by atoms with van der Waals surface area (Å²) in [5.74, 6) is 0.902. The van der Waals surface area contributed by atoms with Crippen LogP contribution in [0.2, 0.25) is 5.02 Å². The van der Waals surface area contributed by atoms with Crippen LogP contribution >= 0.6 is 11.6 Å². The van der Waals surface area contributed by atoms with E-state index >= 15 is 0 Å². The number of amides is 1. The predicted molar refractivity (Wildman–Crippen MR) is 117 cm³/mol. The van der Waals surface area contributed by atoms with E-state index in [1.807, 2.05) is 51.1 Å². The van der Waals surface area contributed by atoms with Gasteiger partial charge >= 0.3 is 0 Å². The van der Waals surface area contributed by atoms with E-state index in [0.29, 0.717) is 41.0 Å². The number of hydrogen-bond donors (Lipinski definition) is 1. The molecule has 1 N–H and O–H groups in total. The Balaban J connectivity index is 1.76. The number of carbonyl (C=O) groups is 1. The van der Waals surface area contributed by atoms with E-state index in [4.69, 9.17) is 21.1 Å². The minimum Gasteiger partial charge on any atom is -0.490 e. The Hall–Kier alpha value is -2.98. The average molecular weight is 410 g/mol. The highest BCUT2D eigenvalue weighted by Crippen LogP contribution is 2.30. The summed E-state index contributed by atoms with van der Waals surface area (Å²) in [7, 11) is 0. The summed E-state index contributed by atoms with van der Waals surface area (Å²) >= 11 is 6.04. The molecule has 0 aromatic heterocycles. The van der Waals surface area contributed by atoms with E-state index in [0.717, 1.165) is 11.1 Å². The third-order valence-electron chi connectivity index (χ3n) is 4.47. The highest BCUT2D eigenvalue weighted by molar-refractivity contribution is 6.31. The molecule has 0 spiro atoms. The van der Waals surface area contributed by atoms with Crippen LogP contribution in [0.4, 0.5) is 5.69 Å². The fraction of sp³-hybridized carbons (Fsp3) is 0.208. The number of carbonyl (C=O) groups excluding carboxylic acids is 1. The van der Waals surface area contributed by atoms with Gasteiger partial charge in [0.05, 0.1) is 6.61 Å². The lowest BCUT2D eigenvalue weighted by atomic mass is 10.1. The molecule has 0 saturated carbocycles. The molecule has 0 saturated heterocycles. The van der Waals surface area contributed by atoms with Crippen molar-refractivity contribution >= 4 is 23.2 Å². The number of hydrogen-bond acceptors (Lipinski definition) is 3. The molecular formula is C24H24ClNO3. The topological polar surface area (TPSA) is 47.6 Å². The number of aryl methyl sites for hydroxylation is 2. The van der Waals surface area contributed by atoms with E-state index in [1.165, 1.54) is 5.56 Å². The van der Waals surface area contributed by atoms with E-state index in [9.17, 15) is 4.79 Å². The van der Waals surface area contributed by atoms with Crippen molar-refractivity contribution in [1.29, 1.82) is 0 Å². The summed E-state index contributed by atoms with van der Waals surface area (Å²) in [6.07, 6.45) is 0. The minimum atomic E-state index is -0.235. The maximum Gasteiger partial charge on any atom is 0.255 e. The van der Waals surface area contributed by atoms with Crippen molar-refractivity contribution in [3.05, 3.63) is 87.9 Å². The summed E-state index contributed by atoms with van der Waals surface area (Å²) < 4.78 is 11.6. The third-order valence-corrected chi connectivity index (χ3v) is 4.70. The first-order chi connectivity index (χ1) is 14.0. The molecule has 4 nitrogen and oxygen atoms in total. The summed E-state index contributed by atoms with van der Waals surface area (Å²) in [6, 6.07) is 18.7. The molecule has 3 aromatic rings. The van der Waals surface area contributed by atoms with Gasteiger partial charge in [-0.1, -0.05) is 47.5 Å². The maximum atomic E-state index is 12.7. The summed E-state index contributed by atoms with van der Waals surface area (Å²) in [5, 5.41) is 3.47. The van der Waals surface area contributed by atoms with Gasteiger partial charge in [0.25, 0.3) is 5.91 Å². The van der Waals surface area contributed by atoms with Gasteiger partial charge in [0, 0.05) is 16.3 Å². The van der Waals surface area contributed by atoms with E-state index < -0.39 is 0 Å². The lowest BCUT2D eigenvalue weighted by molar-refractivity contribution is 0.102. The zero-order valence-corrected chi connectivity index (χ0v) is 17.5. The van der Waals surface area contributed by atoms with Gasteiger partial charge in [-0.05, 0) is 62.2 Å². The van der Waals surface area contributed by atoms with Gasteiger partial charge in [0.2, 0.25) is 0 Å². The van der Waals surface area contributed by atoms with Gasteiger partial charge in [-0.2, -0.15) is 0 Å². The number of halogens is 1. The van der Waals surface area contributed by atoms with E-state index in [1.54, 1.807) is 30.3 Å². The molecule has 0 aliphatic carbocycles. The second kappa shape index (κ2) is 9.48. The first-order valence-electron chi connectivity index (χ1n) is 9.49. The quantitative estimate of drug-likeness (QED) is 0.506. The van der Waals surface area contributed by atoms with Gasteiger partial charge in [0.15, 0.2) is 11.5 Å². The largest absolute Gasteiger partial charge is 0.490 e. The van der Waals surface area contributed by atoms with Crippen LogP contribution in [-0.4, -0.2) is 12.5 Å². The van der Waals surface area contributed by atoms with Crippen molar-refractivity contribution in [3.8, 4) is 11.5 Å². The van der Waals surface area contributed by atoms with Crippen LogP contribution < -0.4 is 14.8 Å². The predicted octanol–water partition coefficient (Wildman–Crippen LogP) is 6.19. The van der Waals surface area contributed by atoms with Crippen LogP contribution in [-0.2, 0) is 6.61 Å². The van der Waals surface area contributed by atoms with Gasteiger partial charge in [-0.3, -0.25) is 4.79 Å². The van der Waals surface area contributed by atoms with Crippen LogP contribution in [0.1, 0.15) is 34.0 Å². The second-order valence-corrected chi connectivity index (χ2v) is 7.22. The highest BCUT2D eigenvalue weighted by atomic mass is 35.5. The minimum absolute atomic E-state index is 0.235. The molecule has 1 amide bonds. The van der Waals surface area contributed by atoms with Crippen molar-refractivity contribution in [2.75, 3.05) is 11.9 Å². The molecule has 3 rings (SSSR count). The number of ether oxygens (including phenoxy) is 2. The average Bonchev–Trinajstić information content (AvgIpc) is 2.71. The summed E-state index contributed by atoms with van der Waals surface area (Å²) in [5.41, 5.74) is 4.37. The highest BCUT2D eigenvalue weighted by Gasteiger charge is 2.13. The molecule has 5 heteroatoms. The lowest BCUT2D eigenvalue weighted by Gasteiger charge is -2.14. The third kappa shape index (κ3) is 5.52. The van der Waals surface area contributed by atoms with Crippen LogP contribution in [0.25, 0.3) is 0 Å². The lowest BCUT2D eigenvalue weighted by Crippen LogP contribution is -2.13. The first kappa shape index (κ1) is 20.7. The van der Waals surface area contributed by atoms with Crippen molar-refractivity contribution in [2.24, 2.45) is 0 Å². The van der Waals surface area contributed by atoms with Crippen LogP contribution in [0, 0.1) is 13.8 Å². The molecule has 150 valence electrons. The molecule has 0 fully saturated rings. The number of anilines is 1. The normalized spacial score (nSPS) is 10.5. The smallest absolute Gasteiger partial charge is 0.255 e. The summed E-state index contributed by atoms with van der Waals surface area (Å²) in [6.45, 7) is 6.75. The Kier molecular flexibility index (Phi) is 6.78. The number of benzene rings is 3. The SMILES string of the molecule is CCOc1cc(C(=O)Nc2cc(Cl)ccc2C)ccc1OCc1ccc(C)cc1. The Morgan fingerprint density at radius 2 is 1.69 bits per heavy atom. The van der Waals surface area contributed by atoms with Crippen LogP contribution in [0.5, 0.6) is 11.5 Å². The Morgan fingerprint density at radius 1 is 0.931 bits per heavy atom. The van der Waals surface area contributed by atoms with Crippen molar-refractivity contribution in [3.63, 3.8) is 0 Å². The van der Waals surface area contributed by atoms with Gasteiger partial charge in [0.1, 0.15) is 6.61 Å². The molecule has 0 aliphatic rings. The monoisotopic (exact) mass is 409 g/mol. The second-order valence-electron chi connectivity index (χ2n) is 6.78. The molecule has 3 aromatic carbocycles. The molecular weight excluding hydrogens is 386 g/mol. The van der Waals surface area contributed by atoms with Crippen molar-refractivity contribution in [1.82, 2.24) is 0 Å². The maximum absolute atomic E-state index is 12.7.